The number of benzene rings is 1. The number of hydrogen-bond donors (Lipinski definition) is 1. The fourth-order valence-corrected chi connectivity index (χ4v) is 4.72. The highest BCUT2D eigenvalue weighted by Gasteiger charge is 2.41. The van der Waals surface area contributed by atoms with Gasteiger partial charge >= 0.3 is 0 Å². The van der Waals surface area contributed by atoms with Gasteiger partial charge in [-0.3, -0.25) is 9.59 Å². The number of fused-ring (bicyclic) bond motifs is 3. The van der Waals surface area contributed by atoms with E-state index in [0.717, 1.165) is 49.4 Å². The predicted octanol–water partition coefficient (Wildman–Crippen LogP) is 3.19. The van der Waals surface area contributed by atoms with E-state index in [9.17, 15) is 9.59 Å². The topological polar surface area (TPSA) is 49.4 Å². The molecule has 128 valence electrons. The van der Waals surface area contributed by atoms with Gasteiger partial charge in [0.05, 0.1) is 6.42 Å². The molecular formula is C20H26N2O2. The van der Waals surface area contributed by atoms with E-state index >= 15 is 0 Å². The minimum absolute atomic E-state index is 0.0639. The Morgan fingerprint density at radius 2 is 1.96 bits per heavy atom. The first kappa shape index (κ1) is 15.7. The molecule has 1 aromatic carbocycles. The Morgan fingerprint density at radius 3 is 2.62 bits per heavy atom. The smallest absolute Gasteiger partial charge is 0.227 e. The normalized spacial score (nSPS) is 29.1. The molecular weight excluding hydrogens is 300 g/mol. The second-order valence-electron chi connectivity index (χ2n) is 7.81. The number of carbonyl (C=O) groups excluding carboxylic acids is 2. The van der Waals surface area contributed by atoms with Crippen molar-refractivity contribution in [3.05, 3.63) is 29.8 Å². The standard InChI is InChI=1S/C20H26N2O2/c23-18(21-20-9-6-15(7-10-20)8-11-20)14-16-3-1-4-17(13-16)22-12-2-5-19(22)24/h1,3-4,13,15H,2,5-12,14H2,(H,21,23). The molecule has 1 aromatic rings. The quantitative estimate of drug-likeness (QED) is 0.924. The fraction of sp³-hybridized carbons (Fsp3) is 0.600. The molecule has 1 saturated heterocycles. The second kappa shape index (κ2) is 6.23. The van der Waals surface area contributed by atoms with Crippen molar-refractivity contribution in [2.75, 3.05) is 11.4 Å². The zero-order chi connectivity index (χ0) is 16.6. The van der Waals surface area contributed by atoms with Crippen LogP contribution in [0.4, 0.5) is 5.69 Å². The third kappa shape index (κ3) is 3.06. The first-order chi connectivity index (χ1) is 11.6. The second-order valence-corrected chi connectivity index (χ2v) is 7.81. The van der Waals surface area contributed by atoms with E-state index in [1.54, 1.807) is 0 Å². The van der Waals surface area contributed by atoms with Crippen molar-refractivity contribution >= 4 is 17.5 Å². The Bertz CT molecular complexity index is 633. The van der Waals surface area contributed by atoms with E-state index in [2.05, 4.69) is 5.32 Å². The number of nitrogens with one attached hydrogen (secondary N) is 1. The van der Waals surface area contributed by atoms with Gasteiger partial charge in [-0.05, 0) is 68.6 Å². The molecule has 4 fully saturated rings. The summed E-state index contributed by atoms with van der Waals surface area (Å²) in [6.45, 7) is 0.790. The molecule has 4 aliphatic rings. The zero-order valence-corrected chi connectivity index (χ0v) is 14.2. The lowest BCUT2D eigenvalue weighted by molar-refractivity contribution is -0.123. The highest BCUT2D eigenvalue weighted by atomic mass is 16.2. The molecule has 2 bridgehead atoms. The Morgan fingerprint density at radius 1 is 1.21 bits per heavy atom. The SMILES string of the molecule is O=C(Cc1cccc(N2CCCC2=O)c1)NC12CCC(CC1)CC2. The Kier molecular flexibility index (Phi) is 4.07. The molecule has 3 aliphatic carbocycles. The average Bonchev–Trinajstić information content (AvgIpc) is 3.02. The molecule has 0 aromatic heterocycles. The summed E-state index contributed by atoms with van der Waals surface area (Å²) in [4.78, 5) is 26.3. The maximum atomic E-state index is 12.6. The van der Waals surface area contributed by atoms with Crippen molar-refractivity contribution < 1.29 is 9.59 Å². The van der Waals surface area contributed by atoms with Crippen LogP contribution in [0.2, 0.25) is 0 Å². The van der Waals surface area contributed by atoms with Gasteiger partial charge < -0.3 is 10.2 Å². The minimum atomic E-state index is 0.0639. The van der Waals surface area contributed by atoms with Crippen LogP contribution in [0.3, 0.4) is 0 Å². The van der Waals surface area contributed by atoms with Crippen molar-refractivity contribution in [1.29, 1.82) is 0 Å². The van der Waals surface area contributed by atoms with Crippen molar-refractivity contribution in [2.24, 2.45) is 5.92 Å². The van der Waals surface area contributed by atoms with E-state index in [1.807, 2.05) is 29.2 Å². The van der Waals surface area contributed by atoms with Crippen LogP contribution in [0.5, 0.6) is 0 Å². The van der Waals surface area contributed by atoms with Crippen LogP contribution in [0.1, 0.15) is 56.9 Å². The van der Waals surface area contributed by atoms with Gasteiger partial charge in [-0.25, -0.2) is 0 Å². The fourth-order valence-electron chi connectivity index (χ4n) is 4.72. The van der Waals surface area contributed by atoms with Gasteiger partial charge in [0.1, 0.15) is 0 Å². The molecule has 1 aliphatic heterocycles. The summed E-state index contributed by atoms with van der Waals surface area (Å²) in [5.41, 5.74) is 1.98. The molecule has 1 heterocycles. The number of anilines is 1. The highest BCUT2D eigenvalue weighted by molar-refractivity contribution is 5.95. The van der Waals surface area contributed by atoms with Gasteiger partial charge in [0, 0.05) is 24.2 Å². The third-order valence-electron chi connectivity index (χ3n) is 6.16. The summed E-state index contributed by atoms with van der Waals surface area (Å²) in [7, 11) is 0. The predicted molar refractivity (Wildman–Crippen MR) is 93.8 cm³/mol. The van der Waals surface area contributed by atoms with Crippen molar-refractivity contribution in [1.82, 2.24) is 5.32 Å². The van der Waals surface area contributed by atoms with Gasteiger partial charge in [0.25, 0.3) is 0 Å². The molecule has 3 saturated carbocycles. The van der Waals surface area contributed by atoms with E-state index in [0.29, 0.717) is 12.8 Å². The van der Waals surface area contributed by atoms with E-state index in [1.165, 1.54) is 19.3 Å². The average molecular weight is 326 g/mol. The number of amides is 2. The summed E-state index contributed by atoms with van der Waals surface area (Å²) < 4.78 is 0. The molecule has 2 amide bonds. The highest BCUT2D eigenvalue weighted by Crippen LogP contribution is 2.44. The lowest BCUT2D eigenvalue weighted by Crippen LogP contribution is -2.54. The molecule has 0 unspecified atom stereocenters. The third-order valence-corrected chi connectivity index (χ3v) is 6.16. The van der Waals surface area contributed by atoms with Gasteiger partial charge in [-0.15, -0.1) is 0 Å². The van der Waals surface area contributed by atoms with Crippen LogP contribution in [-0.4, -0.2) is 23.9 Å². The van der Waals surface area contributed by atoms with Crippen LogP contribution in [0.15, 0.2) is 24.3 Å². The monoisotopic (exact) mass is 326 g/mol. The van der Waals surface area contributed by atoms with Crippen LogP contribution in [-0.2, 0) is 16.0 Å². The van der Waals surface area contributed by atoms with Crippen molar-refractivity contribution in [2.45, 2.75) is 63.3 Å². The Hall–Kier alpha value is -1.84. The van der Waals surface area contributed by atoms with E-state index < -0.39 is 0 Å². The molecule has 0 spiro atoms. The summed E-state index contributed by atoms with van der Waals surface area (Å²) in [6.07, 6.45) is 9.21. The minimum Gasteiger partial charge on any atom is -0.350 e. The number of rotatable bonds is 4. The molecule has 0 radical (unpaired) electrons. The molecule has 4 nitrogen and oxygen atoms in total. The Labute approximate surface area is 143 Å². The van der Waals surface area contributed by atoms with Gasteiger partial charge in [0.2, 0.25) is 11.8 Å². The number of nitrogens with zero attached hydrogens (tertiary/aromatic N) is 1. The number of carbonyl (C=O) groups is 2. The van der Waals surface area contributed by atoms with Crippen LogP contribution in [0, 0.1) is 5.92 Å². The first-order valence-electron chi connectivity index (χ1n) is 9.34. The molecule has 1 N–H and O–H groups in total. The van der Waals surface area contributed by atoms with E-state index in [4.69, 9.17) is 0 Å². The summed E-state index contributed by atoms with van der Waals surface area (Å²) in [5.74, 6) is 1.22. The maximum absolute atomic E-state index is 12.6. The van der Waals surface area contributed by atoms with E-state index in [-0.39, 0.29) is 17.4 Å². The van der Waals surface area contributed by atoms with Gasteiger partial charge in [0.15, 0.2) is 0 Å². The summed E-state index contributed by atoms with van der Waals surface area (Å²) in [5, 5.41) is 3.35. The van der Waals surface area contributed by atoms with Crippen LogP contribution >= 0.6 is 0 Å². The molecule has 4 heteroatoms. The van der Waals surface area contributed by atoms with Crippen LogP contribution in [0.25, 0.3) is 0 Å². The van der Waals surface area contributed by atoms with Gasteiger partial charge in [-0.2, -0.15) is 0 Å². The van der Waals surface area contributed by atoms with Crippen LogP contribution < -0.4 is 10.2 Å². The lowest BCUT2D eigenvalue weighted by Gasteiger charge is -2.47. The number of hydrogen-bond acceptors (Lipinski definition) is 2. The Balaban J connectivity index is 1.41. The molecule has 5 rings (SSSR count). The molecule has 24 heavy (non-hydrogen) atoms. The first-order valence-corrected chi connectivity index (χ1v) is 9.34. The lowest BCUT2D eigenvalue weighted by atomic mass is 9.66. The zero-order valence-electron chi connectivity index (χ0n) is 14.2. The van der Waals surface area contributed by atoms with Gasteiger partial charge in [-0.1, -0.05) is 12.1 Å². The maximum Gasteiger partial charge on any atom is 0.227 e. The molecule has 0 atom stereocenters. The largest absolute Gasteiger partial charge is 0.350 e. The van der Waals surface area contributed by atoms with Crippen molar-refractivity contribution in [3.63, 3.8) is 0 Å². The summed E-state index contributed by atoms with van der Waals surface area (Å²) in [6, 6.07) is 7.90. The van der Waals surface area contributed by atoms with Crippen molar-refractivity contribution in [3.8, 4) is 0 Å². The summed E-state index contributed by atoms with van der Waals surface area (Å²) >= 11 is 0.